The molecule has 4 fully saturated rings. The van der Waals surface area contributed by atoms with E-state index in [0.717, 1.165) is 37.3 Å². The summed E-state index contributed by atoms with van der Waals surface area (Å²) in [6.07, 6.45) is 14.0. The SMILES string of the molecule is CCC[C@H](CN[C@H](CNC)Cc1ccc(O)cc1)NCCC12CC3CC(CC(C3)C1)C2. The van der Waals surface area contributed by atoms with E-state index in [0.29, 0.717) is 23.2 Å². The maximum atomic E-state index is 9.54. The summed E-state index contributed by atoms with van der Waals surface area (Å²) < 4.78 is 0. The summed E-state index contributed by atoms with van der Waals surface area (Å²) in [5.41, 5.74) is 1.95. The number of hydrogen-bond donors (Lipinski definition) is 4. The van der Waals surface area contributed by atoms with E-state index in [2.05, 4.69) is 22.9 Å². The first-order valence-corrected chi connectivity index (χ1v) is 13.0. The lowest BCUT2D eigenvalue weighted by Gasteiger charge is -2.57. The summed E-state index contributed by atoms with van der Waals surface area (Å²) in [6.45, 7) is 5.47. The first-order chi connectivity index (χ1) is 15.1. The summed E-state index contributed by atoms with van der Waals surface area (Å²) >= 11 is 0. The fraction of sp³-hybridized carbons (Fsp3) is 0.778. The largest absolute Gasteiger partial charge is 0.508 e. The van der Waals surface area contributed by atoms with Crippen LogP contribution in [0.4, 0.5) is 0 Å². The molecule has 4 aliphatic rings. The van der Waals surface area contributed by atoms with Gasteiger partial charge in [-0.3, -0.25) is 0 Å². The Morgan fingerprint density at radius 1 is 0.935 bits per heavy atom. The molecule has 1 aromatic carbocycles. The van der Waals surface area contributed by atoms with Gasteiger partial charge in [0.2, 0.25) is 0 Å². The highest BCUT2D eigenvalue weighted by molar-refractivity contribution is 5.26. The van der Waals surface area contributed by atoms with E-state index in [1.54, 1.807) is 31.4 Å². The minimum atomic E-state index is 0.341. The summed E-state index contributed by atoms with van der Waals surface area (Å²) in [6, 6.07) is 8.60. The topological polar surface area (TPSA) is 56.3 Å². The molecule has 0 radical (unpaired) electrons. The van der Waals surface area contributed by atoms with E-state index < -0.39 is 0 Å². The van der Waals surface area contributed by atoms with Crippen LogP contribution in [0.2, 0.25) is 0 Å². The molecule has 0 saturated heterocycles. The predicted octanol–water partition coefficient (Wildman–Crippen LogP) is 4.48. The van der Waals surface area contributed by atoms with Crippen molar-refractivity contribution in [3.8, 4) is 5.75 Å². The van der Waals surface area contributed by atoms with E-state index in [4.69, 9.17) is 0 Å². The smallest absolute Gasteiger partial charge is 0.115 e. The molecular formula is C27H45N3O. The van der Waals surface area contributed by atoms with Gasteiger partial charge in [-0.05, 0) is 112 Å². The normalized spacial score (nSPS) is 31.1. The zero-order valence-electron chi connectivity index (χ0n) is 19.8. The van der Waals surface area contributed by atoms with E-state index in [-0.39, 0.29) is 0 Å². The van der Waals surface area contributed by atoms with Gasteiger partial charge in [0.15, 0.2) is 0 Å². The summed E-state index contributed by atoms with van der Waals surface area (Å²) in [5.74, 6) is 3.51. The molecule has 0 heterocycles. The van der Waals surface area contributed by atoms with Crippen LogP contribution in [0.5, 0.6) is 5.75 Å². The molecule has 0 amide bonds. The number of nitrogens with one attached hydrogen (secondary N) is 3. The van der Waals surface area contributed by atoms with Crippen LogP contribution in [0.15, 0.2) is 24.3 Å². The summed E-state index contributed by atoms with van der Waals surface area (Å²) in [5, 5.41) is 20.7. The minimum Gasteiger partial charge on any atom is -0.508 e. The lowest BCUT2D eigenvalue weighted by atomic mass is 9.49. The quantitative estimate of drug-likeness (QED) is 0.375. The van der Waals surface area contributed by atoms with Gasteiger partial charge in [0.25, 0.3) is 0 Å². The molecule has 1 aromatic rings. The fourth-order valence-electron chi connectivity index (χ4n) is 7.45. The van der Waals surface area contributed by atoms with Crippen LogP contribution in [0.25, 0.3) is 0 Å². The summed E-state index contributed by atoms with van der Waals surface area (Å²) in [4.78, 5) is 0. The van der Waals surface area contributed by atoms with Crippen molar-refractivity contribution >= 4 is 0 Å². The Morgan fingerprint density at radius 2 is 1.58 bits per heavy atom. The van der Waals surface area contributed by atoms with Crippen molar-refractivity contribution in [2.75, 3.05) is 26.7 Å². The number of phenols is 1. The van der Waals surface area contributed by atoms with Gasteiger partial charge < -0.3 is 21.1 Å². The van der Waals surface area contributed by atoms with Crippen LogP contribution in [0.3, 0.4) is 0 Å². The van der Waals surface area contributed by atoms with Crippen LogP contribution in [-0.2, 0) is 6.42 Å². The molecule has 4 aliphatic carbocycles. The zero-order chi connectivity index (χ0) is 21.7. The number of aromatic hydroxyl groups is 1. The highest BCUT2D eigenvalue weighted by Crippen LogP contribution is 2.61. The molecular weight excluding hydrogens is 382 g/mol. The first-order valence-electron chi connectivity index (χ1n) is 13.0. The molecule has 4 N–H and O–H groups in total. The predicted molar refractivity (Wildman–Crippen MR) is 129 cm³/mol. The Balaban J connectivity index is 1.24. The molecule has 0 aromatic heterocycles. The molecule has 0 spiro atoms. The highest BCUT2D eigenvalue weighted by Gasteiger charge is 2.50. The van der Waals surface area contributed by atoms with Crippen molar-refractivity contribution in [1.82, 2.24) is 16.0 Å². The maximum absolute atomic E-state index is 9.54. The second-order valence-corrected chi connectivity index (χ2v) is 11.1. The van der Waals surface area contributed by atoms with Crippen LogP contribution in [0.1, 0.15) is 70.3 Å². The van der Waals surface area contributed by atoms with Crippen molar-refractivity contribution in [1.29, 1.82) is 0 Å². The minimum absolute atomic E-state index is 0.341. The summed E-state index contributed by atoms with van der Waals surface area (Å²) in [7, 11) is 2.03. The van der Waals surface area contributed by atoms with Crippen molar-refractivity contribution in [3.63, 3.8) is 0 Å². The molecule has 174 valence electrons. The van der Waals surface area contributed by atoms with E-state index in [1.807, 2.05) is 19.2 Å². The molecule has 31 heavy (non-hydrogen) atoms. The van der Waals surface area contributed by atoms with E-state index in [9.17, 15) is 5.11 Å². The number of hydrogen-bond acceptors (Lipinski definition) is 4. The number of likely N-dealkylation sites (N-methyl/N-ethyl adjacent to an activating group) is 1. The Bertz CT molecular complexity index is 638. The Kier molecular flexibility index (Phi) is 7.95. The molecule has 0 aliphatic heterocycles. The van der Waals surface area contributed by atoms with Gasteiger partial charge in [0, 0.05) is 25.2 Å². The number of benzene rings is 1. The van der Waals surface area contributed by atoms with Crippen LogP contribution in [0, 0.1) is 23.2 Å². The first kappa shape index (κ1) is 23.1. The molecule has 0 unspecified atom stereocenters. The van der Waals surface area contributed by atoms with Crippen LogP contribution < -0.4 is 16.0 Å². The standard InChI is InChI=1S/C27H45N3O/c1-3-4-24(19-30-25(18-28-2)14-20-5-7-26(31)8-6-20)29-10-9-27-15-21-11-22(16-27)13-23(12-21)17-27/h5-8,21-25,28-31H,3-4,9-19H2,1-2H3/t21?,22?,23?,24-,25+,27?/m1/s1. The Morgan fingerprint density at radius 3 is 2.16 bits per heavy atom. The third kappa shape index (κ3) is 6.24. The van der Waals surface area contributed by atoms with Gasteiger partial charge in [0.1, 0.15) is 5.75 Å². The molecule has 5 rings (SSSR count). The van der Waals surface area contributed by atoms with Crippen LogP contribution in [-0.4, -0.2) is 43.9 Å². The van der Waals surface area contributed by atoms with Gasteiger partial charge in [-0.1, -0.05) is 25.5 Å². The highest BCUT2D eigenvalue weighted by atomic mass is 16.3. The molecule has 4 nitrogen and oxygen atoms in total. The lowest BCUT2D eigenvalue weighted by molar-refractivity contribution is -0.0570. The van der Waals surface area contributed by atoms with E-state index in [1.165, 1.54) is 50.6 Å². The average Bonchev–Trinajstić information content (AvgIpc) is 2.72. The molecule has 4 heteroatoms. The van der Waals surface area contributed by atoms with Gasteiger partial charge in [0.05, 0.1) is 0 Å². The monoisotopic (exact) mass is 427 g/mol. The molecule has 2 atom stereocenters. The number of phenolic OH excluding ortho intramolecular Hbond substituents is 1. The van der Waals surface area contributed by atoms with Gasteiger partial charge in [-0.25, -0.2) is 0 Å². The average molecular weight is 428 g/mol. The van der Waals surface area contributed by atoms with Crippen molar-refractivity contribution in [2.24, 2.45) is 23.2 Å². The van der Waals surface area contributed by atoms with Gasteiger partial charge in [-0.2, -0.15) is 0 Å². The zero-order valence-corrected chi connectivity index (χ0v) is 19.8. The third-order valence-electron chi connectivity index (χ3n) is 8.41. The van der Waals surface area contributed by atoms with Gasteiger partial charge >= 0.3 is 0 Å². The van der Waals surface area contributed by atoms with E-state index >= 15 is 0 Å². The second-order valence-electron chi connectivity index (χ2n) is 11.1. The Hall–Kier alpha value is -1.10. The Labute approximate surface area is 190 Å². The maximum Gasteiger partial charge on any atom is 0.115 e. The van der Waals surface area contributed by atoms with Crippen molar-refractivity contribution in [2.45, 2.75) is 83.2 Å². The van der Waals surface area contributed by atoms with Gasteiger partial charge in [-0.15, -0.1) is 0 Å². The third-order valence-corrected chi connectivity index (χ3v) is 8.41. The van der Waals surface area contributed by atoms with Crippen LogP contribution >= 0.6 is 0 Å². The molecule has 4 saturated carbocycles. The van der Waals surface area contributed by atoms with Crippen molar-refractivity contribution < 1.29 is 5.11 Å². The molecule has 4 bridgehead atoms. The second kappa shape index (κ2) is 10.7. The number of rotatable bonds is 13. The van der Waals surface area contributed by atoms with Crippen molar-refractivity contribution in [3.05, 3.63) is 29.8 Å². The fourth-order valence-corrected chi connectivity index (χ4v) is 7.45. The lowest BCUT2D eigenvalue weighted by Crippen LogP contribution is -2.49.